The molecule has 3 atom stereocenters. The molecule has 3 heterocycles. The number of aromatic nitrogens is 1. The van der Waals surface area contributed by atoms with Crippen LogP contribution in [0.15, 0.2) is 47.6 Å². The molecule has 1 saturated heterocycles. The summed E-state index contributed by atoms with van der Waals surface area (Å²) in [5.74, 6) is 2.65. The maximum atomic E-state index is 6.25. The van der Waals surface area contributed by atoms with E-state index < -0.39 is 0 Å². The average Bonchev–Trinajstić information content (AvgIpc) is 3.27. The molecule has 148 valence electrons. The minimum Gasteiger partial charge on any atom is -0.493 e. The first kappa shape index (κ1) is 19.1. The quantitative estimate of drug-likeness (QED) is 0.697. The summed E-state index contributed by atoms with van der Waals surface area (Å²) in [7, 11) is 1.69. The second-order valence-corrected chi connectivity index (χ2v) is 8.37. The first-order valence-electron chi connectivity index (χ1n) is 9.87. The van der Waals surface area contributed by atoms with Crippen molar-refractivity contribution in [2.75, 3.05) is 12.9 Å². The van der Waals surface area contributed by atoms with Gasteiger partial charge in [-0.25, -0.2) is 0 Å². The van der Waals surface area contributed by atoms with Gasteiger partial charge in [0.2, 0.25) is 0 Å². The number of amidine groups is 1. The molecule has 0 unspecified atom stereocenters. The number of aliphatic imine (C=N–C) groups is 1. The molecule has 28 heavy (non-hydrogen) atoms. The zero-order chi connectivity index (χ0) is 19.7. The molecule has 0 radical (unpaired) electrons. The van der Waals surface area contributed by atoms with E-state index >= 15 is 0 Å². The average molecular weight is 398 g/mol. The van der Waals surface area contributed by atoms with E-state index in [1.165, 1.54) is 0 Å². The summed E-state index contributed by atoms with van der Waals surface area (Å²) >= 11 is 1.85. The van der Waals surface area contributed by atoms with Crippen LogP contribution in [0.3, 0.4) is 0 Å². The Hall–Kier alpha value is -2.21. The van der Waals surface area contributed by atoms with Gasteiger partial charge < -0.3 is 14.4 Å². The lowest BCUT2D eigenvalue weighted by atomic mass is 9.94. The SMILES string of the molecule is CC[C@@H]1CSC2=N[C@@H](c3ccccn3)[C@@H](c3cccc(OC)c3OC(C)C)N21. The highest BCUT2D eigenvalue weighted by Crippen LogP contribution is 2.51. The van der Waals surface area contributed by atoms with Gasteiger partial charge in [-0.1, -0.05) is 36.9 Å². The van der Waals surface area contributed by atoms with Crippen molar-refractivity contribution in [3.63, 3.8) is 0 Å². The lowest BCUT2D eigenvalue weighted by Gasteiger charge is -2.33. The number of hydrogen-bond acceptors (Lipinski definition) is 6. The minimum atomic E-state index is -0.0559. The summed E-state index contributed by atoms with van der Waals surface area (Å²) in [6.07, 6.45) is 2.99. The molecule has 2 aliphatic rings. The van der Waals surface area contributed by atoms with E-state index in [4.69, 9.17) is 14.5 Å². The molecule has 6 heteroatoms. The van der Waals surface area contributed by atoms with Gasteiger partial charge in [-0.3, -0.25) is 9.98 Å². The van der Waals surface area contributed by atoms with Crippen LogP contribution in [0.1, 0.15) is 50.5 Å². The molecular formula is C22H27N3O2S. The number of hydrogen-bond donors (Lipinski definition) is 0. The van der Waals surface area contributed by atoms with Gasteiger partial charge in [0.25, 0.3) is 0 Å². The van der Waals surface area contributed by atoms with Crippen molar-refractivity contribution in [3.05, 3.63) is 53.9 Å². The largest absolute Gasteiger partial charge is 0.493 e. The fraction of sp³-hybridized carbons (Fsp3) is 0.455. The zero-order valence-corrected chi connectivity index (χ0v) is 17.6. The zero-order valence-electron chi connectivity index (χ0n) is 16.8. The second-order valence-electron chi connectivity index (χ2n) is 7.38. The third-order valence-corrected chi connectivity index (χ3v) is 6.36. The van der Waals surface area contributed by atoms with Crippen LogP contribution in [0, 0.1) is 0 Å². The van der Waals surface area contributed by atoms with Crippen LogP contribution in [-0.4, -0.2) is 40.1 Å². The molecule has 2 aromatic rings. The van der Waals surface area contributed by atoms with Crippen molar-refractivity contribution >= 4 is 16.9 Å². The number of benzene rings is 1. The van der Waals surface area contributed by atoms with Crippen LogP contribution in [0.25, 0.3) is 0 Å². The van der Waals surface area contributed by atoms with E-state index in [-0.39, 0.29) is 18.2 Å². The topological polar surface area (TPSA) is 47.0 Å². The lowest BCUT2D eigenvalue weighted by molar-refractivity contribution is 0.209. The normalized spacial score (nSPS) is 23.7. The molecule has 4 rings (SSSR count). The Bertz CT molecular complexity index is 856. The Balaban J connectivity index is 1.85. The molecule has 0 bridgehead atoms. The Labute approximate surface area is 171 Å². The van der Waals surface area contributed by atoms with Crippen LogP contribution in [0.4, 0.5) is 0 Å². The third kappa shape index (κ3) is 3.34. The molecule has 1 fully saturated rings. The van der Waals surface area contributed by atoms with Crippen molar-refractivity contribution in [2.24, 2.45) is 4.99 Å². The molecular weight excluding hydrogens is 370 g/mol. The Morgan fingerprint density at radius 1 is 1.21 bits per heavy atom. The monoisotopic (exact) mass is 397 g/mol. The molecule has 2 aliphatic heterocycles. The third-order valence-electron chi connectivity index (χ3n) is 5.23. The Morgan fingerprint density at radius 2 is 2.07 bits per heavy atom. The van der Waals surface area contributed by atoms with E-state index in [2.05, 4.69) is 28.9 Å². The highest BCUT2D eigenvalue weighted by Gasteiger charge is 2.46. The number of nitrogens with zero attached hydrogens (tertiary/aromatic N) is 3. The van der Waals surface area contributed by atoms with Crippen molar-refractivity contribution < 1.29 is 9.47 Å². The van der Waals surface area contributed by atoms with Crippen molar-refractivity contribution in [3.8, 4) is 11.5 Å². The van der Waals surface area contributed by atoms with Gasteiger partial charge in [-0.15, -0.1) is 0 Å². The fourth-order valence-corrected chi connectivity index (χ4v) is 5.31. The smallest absolute Gasteiger partial charge is 0.166 e. The van der Waals surface area contributed by atoms with Crippen LogP contribution >= 0.6 is 11.8 Å². The maximum Gasteiger partial charge on any atom is 0.166 e. The molecule has 0 aliphatic carbocycles. The highest BCUT2D eigenvalue weighted by molar-refractivity contribution is 8.14. The summed E-state index contributed by atoms with van der Waals surface area (Å²) in [4.78, 5) is 12.2. The van der Waals surface area contributed by atoms with Gasteiger partial charge in [0.15, 0.2) is 16.7 Å². The molecule has 0 spiro atoms. The predicted octanol–water partition coefficient (Wildman–Crippen LogP) is 4.86. The summed E-state index contributed by atoms with van der Waals surface area (Å²) < 4.78 is 11.9. The molecule has 0 N–H and O–H groups in total. The van der Waals surface area contributed by atoms with Crippen LogP contribution in [0.5, 0.6) is 11.5 Å². The van der Waals surface area contributed by atoms with Gasteiger partial charge in [0.05, 0.1) is 24.9 Å². The van der Waals surface area contributed by atoms with Crippen LogP contribution < -0.4 is 9.47 Å². The summed E-state index contributed by atoms with van der Waals surface area (Å²) in [6, 6.07) is 12.7. The van der Waals surface area contributed by atoms with Crippen molar-refractivity contribution in [1.82, 2.24) is 9.88 Å². The minimum absolute atomic E-state index is 0.0497. The standard InChI is InChI=1S/C22H27N3O2S/c1-5-15-13-28-22-24-19(17-10-6-7-12-23-17)20(25(15)22)16-9-8-11-18(26-4)21(16)27-14(2)3/h6-12,14-15,19-20H,5,13H2,1-4H3/t15-,19+,20-/m1/s1. The van der Waals surface area contributed by atoms with Gasteiger partial charge in [0, 0.05) is 23.6 Å². The molecule has 1 aromatic heterocycles. The molecule has 5 nitrogen and oxygen atoms in total. The van der Waals surface area contributed by atoms with Gasteiger partial charge in [-0.2, -0.15) is 0 Å². The van der Waals surface area contributed by atoms with E-state index in [1.807, 2.05) is 56.1 Å². The Morgan fingerprint density at radius 3 is 2.75 bits per heavy atom. The maximum absolute atomic E-state index is 6.25. The number of rotatable bonds is 6. The number of thioether (sulfide) groups is 1. The molecule has 1 aromatic carbocycles. The highest BCUT2D eigenvalue weighted by atomic mass is 32.2. The van der Waals surface area contributed by atoms with E-state index in [0.29, 0.717) is 6.04 Å². The summed E-state index contributed by atoms with van der Waals surface area (Å²) in [6.45, 7) is 6.34. The number of para-hydroxylation sites is 1. The predicted molar refractivity (Wildman–Crippen MR) is 114 cm³/mol. The number of ether oxygens (including phenoxy) is 2. The van der Waals surface area contributed by atoms with Crippen molar-refractivity contribution in [1.29, 1.82) is 0 Å². The number of methoxy groups -OCH3 is 1. The van der Waals surface area contributed by atoms with E-state index in [0.717, 1.165) is 40.1 Å². The summed E-state index contributed by atoms with van der Waals surface area (Å²) in [5.41, 5.74) is 2.10. The van der Waals surface area contributed by atoms with Crippen LogP contribution in [0.2, 0.25) is 0 Å². The van der Waals surface area contributed by atoms with E-state index in [1.54, 1.807) is 7.11 Å². The fourth-order valence-electron chi connectivity index (χ4n) is 3.98. The van der Waals surface area contributed by atoms with Crippen LogP contribution in [-0.2, 0) is 0 Å². The van der Waals surface area contributed by atoms with E-state index in [9.17, 15) is 0 Å². The van der Waals surface area contributed by atoms with Crippen molar-refractivity contribution in [2.45, 2.75) is 51.4 Å². The first-order chi connectivity index (χ1) is 13.6. The molecule has 0 saturated carbocycles. The molecule has 0 amide bonds. The first-order valence-corrected chi connectivity index (χ1v) is 10.9. The summed E-state index contributed by atoms with van der Waals surface area (Å²) in [5, 5.41) is 1.12. The number of pyridine rings is 1. The van der Waals surface area contributed by atoms with Gasteiger partial charge in [0.1, 0.15) is 6.04 Å². The van der Waals surface area contributed by atoms with Gasteiger partial charge in [-0.05, 0) is 38.5 Å². The second kappa shape index (κ2) is 8.03. The number of fused-ring (bicyclic) bond motifs is 1. The Kier molecular flexibility index (Phi) is 5.49. The van der Waals surface area contributed by atoms with Gasteiger partial charge >= 0.3 is 0 Å². The lowest BCUT2D eigenvalue weighted by Crippen LogP contribution is -2.35.